The molecule has 0 spiro atoms. The largest absolute Gasteiger partial charge is 0.508 e. The lowest BCUT2D eigenvalue weighted by atomic mass is 10.2. The molecule has 0 aliphatic rings. The van der Waals surface area contributed by atoms with Crippen molar-refractivity contribution in [3.63, 3.8) is 0 Å². The van der Waals surface area contributed by atoms with Crippen LogP contribution in [0.25, 0.3) is 6.20 Å². The van der Waals surface area contributed by atoms with Gasteiger partial charge in [0.2, 0.25) is 6.33 Å². The molecule has 11 heteroatoms. The van der Waals surface area contributed by atoms with Gasteiger partial charge >= 0.3 is 5.95 Å². The van der Waals surface area contributed by atoms with E-state index in [4.69, 9.17) is 5.11 Å². The number of amides is 1. The summed E-state index contributed by atoms with van der Waals surface area (Å²) in [4.78, 5) is 25.1. The van der Waals surface area contributed by atoms with Crippen LogP contribution in [0.3, 0.4) is 0 Å². The quantitative estimate of drug-likeness (QED) is 0.454. The first kappa shape index (κ1) is 15.8. The lowest BCUT2D eigenvalue weighted by Crippen LogP contribution is -2.36. The molecule has 1 aromatic heterocycles. The van der Waals surface area contributed by atoms with Gasteiger partial charge in [-0.05, 0) is 24.0 Å². The molecular formula is C12H12N6O5. The van der Waals surface area contributed by atoms with E-state index in [1.807, 2.05) is 0 Å². The van der Waals surface area contributed by atoms with E-state index in [0.717, 1.165) is 17.1 Å². The summed E-state index contributed by atoms with van der Waals surface area (Å²) < 4.78 is 1.10. The first-order chi connectivity index (χ1) is 10.9. The number of hydrogen-bond donors (Lipinski definition) is 4. The molecule has 0 unspecified atom stereocenters. The number of phenols is 2. The second-order valence-corrected chi connectivity index (χ2v) is 4.37. The highest BCUT2D eigenvalue weighted by Crippen LogP contribution is 2.22. The van der Waals surface area contributed by atoms with Gasteiger partial charge in [0.15, 0.2) is 0 Å². The maximum atomic E-state index is 11.9. The van der Waals surface area contributed by atoms with Crippen molar-refractivity contribution in [3.05, 3.63) is 45.9 Å². The van der Waals surface area contributed by atoms with E-state index < -0.39 is 16.8 Å². The first-order valence-electron chi connectivity index (χ1n) is 6.19. The zero-order chi connectivity index (χ0) is 17.0. The third-order valence-electron chi connectivity index (χ3n) is 2.58. The number of nitro groups is 1. The number of aromatic nitrogens is 3. The van der Waals surface area contributed by atoms with Crippen molar-refractivity contribution in [2.75, 3.05) is 0 Å². The van der Waals surface area contributed by atoms with Gasteiger partial charge in [0.05, 0.1) is 11.8 Å². The van der Waals surface area contributed by atoms with Crippen molar-refractivity contribution < 1.29 is 19.9 Å². The number of carbonyl (C=O) groups is 1. The van der Waals surface area contributed by atoms with Crippen LogP contribution in [-0.2, 0) is 0 Å². The zero-order valence-corrected chi connectivity index (χ0v) is 11.8. The Morgan fingerprint density at radius 1 is 1.39 bits per heavy atom. The molecule has 0 atom stereocenters. The zero-order valence-electron chi connectivity index (χ0n) is 11.8. The Balaban J connectivity index is 2.00. The fourth-order valence-electron chi connectivity index (χ4n) is 1.58. The Hall–Kier alpha value is -3.63. The Kier molecular flexibility index (Phi) is 4.40. The van der Waals surface area contributed by atoms with Crippen LogP contribution in [0.1, 0.15) is 17.3 Å². The predicted molar refractivity (Wildman–Crippen MR) is 77.0 cm³/mol. The number of carbonyl (C=O) groups excluding carboxylic acids is 1. The number of nitrogens with one attached hydrogen (secondary N) is 2. The number of hydrogen-bond acceptors (Lipinski definition) is 8. The summed E-state index contributed by atoms with van der Waals surface area (Å²) in [6.07, 6.45) is 2.49. The van der Waals surface area contributed by atoms with E-state index in [1.54, 1.807) is 6.92 Å². The summed E-state index contributed by atoms with van der Waals surface area (Å²) in [7, 11) is 0. The van der Waals surface area contributed by atoms with Crippen LogP contribution in [0, 0.1) is 10.1 Å². The average Bonchev–Trinajstić information content (AvgIpc) is 2.93. The van der Waals surface area contributed by atoms with Gasteiger partial charge in [0, 0.05) is 16.9 Å². The molecule has 1 aromatic carbocycles. The van der Waals surface area contributed by atoms with Crippen molar-refractivity contribution in [1.29, 1.82) is 0 Å². The summed E-state index contributed by atoms with van der Waals surface area (Å²) in [5.41, 5.74) is 5.21. The Morgan fingerprint density at radius 3 is 2.74 bits per heavy atom. The summed E-state index contributed by atoms with van der Waals surface area (Å²) >= 11 is 0. The van der Waals surface area contributed by atoms with Gasteiger partial charge in [0.1, 0.15) is 11.5 Å². The molecule has 0 bridgehead atoms. The van der Waals surface area contributed by atoms with Crippen LogP contribution >= 0.6 is 0 Å². The summed E-state index contributed by atoms with van der Waals surface area (Å²) in [5.74, 6) is -1.74. The van der Waals surface area contributed by atoms with E-state index >= 15 is 0 Å². The van der Waals surface area contributed by atoms with Gasteiger partial charge in [0.25, 0.3) is 5.91 Å². The van der Waals surface area contributed by atoms with Gasteiger partial charge < -0.3 is 25.8 Å². The molecule has 11 nitrogen and oxygen atoms in total. The number of hydrazine groups is 1. The number of benzene rings is 1. The Labute approximate surface area is 129 Å². The van der Waals surface area contributed by atoms with E-state index in [1.165, 1.54) is 18.3 Å². The highest BCUT2D eigenvalue weighted by molar-refractivity contribution is 5.96. The first-order valence-corrected chi connectivity index (χ1v) is 6.19. The van der Waals surface area contributed by atoms with Gasteiger partial charge in [-0.2, -0.15) is 0 Å². The average molecular weight is 320 g/mol. The topological polar surface area (TPSA) is 155 Å². The highest BCUT2D eigenvalue weighted by Gasteiger charge is 2.13. The standard InChI is InChI=1S/C12H12N6O5/c1-7(5-17-6-13-12(16-17)18(22)23)14-15-11(21)9-3-2-8(19)4-10(9)20/h2-6,14,19-20H,1H3,(H,15,21)/b7-5-. The van der Waals surface area contributed by atoms with Gasteiger partial charge in [-0.25, -0.2) is 0 Å². The van der Waals surface area contributed by atoms with Crippen molar-refractivity contribution >= 4 is 18.1 Å². The van der Waals surface area contributed by atoms with Crippen molar-refractivity contribution in [2.45, 2.75) is 6.92 Å². The van der Waals surface area contributed by atoms with Crippen LogP contribution in [0.5, 0.6) is 11.5 Å². The minimum absolute atomic E-state index is 0.0421. The molecule has 1 amide bonds. The summed E-state index contributed by atoms with van der Waals surface area (Å²) in [6.45, 7) is 1.57. The molecule has 0 aliphatic carbocycles. The molecule has 0 saturated carbocycles. The van der Waals surface area contributed by atoms with Crippen molar-refractivity contribution in [2.24, 2.45) is 0 Å². The van der Waals surface area contributed by atoms with Crippen LogP contribution < -0.4 is 10.9 Å². The molecule has 0 aliphatic heterocycles. The fourth-order valence-corrected chi connectivity index (χ4v) is 1.58. The van der Waals surface area contributed by atoms with Crippen molar-refractivity contribution in [1.82, 2.24) is 25.6 Å². The Morgan fingerprint density at radius 2 is 2.13 bits per heavy atom. The molecule has 2 rings (SSSR count). The monoisotopic (exact) mass is 320 g/mol. The van der Waals surface area contributed by atoms with Gasteiger partial charge in [-0.15, -0.1) is 4.68 Å². The molecule has 1 heterocycles. The third kappa shape index (κ3) is 3.93. The van der Waals surface area contributed by atoms with E-state index in [9.17, 15) is 20.0 Å². The highest BCUT2D eigenvalue weighted by atomic mass is 16.6. The summed E-state index contributed by atoms with van der Waals surface area (Å²) in [5, 5.41) is 32.8. The molecule has 120 valence electrons. The normalized spacial score (nSPS) is 11.1. The number of allylic oxidation sites excluding steroid dienone is 1. The number of rotatable bonds is 5. The molecule has 0 fully saturated rings. The number of nitrogens with zero attached hydrogens (tertiary/aromatic N) is 4. The van der Waals surface area contributed by atoms with Gasteiger partial charge in [-0.1, -0.05) is 4.98 Å². The fraction of sp³-hybridized carbons (Fsp3) is 0.0833. The maximum Gasteiger partial charge on any atom is 0.491 e. The van der Waals surface area contributed by atoms with Crippen LogP contribution in [0.4, 0.5) is 5.95 Å². The molecular weight excluding hydrogens is 308 g/mol. The van der Waals surface area contributed by atoms with Crippen LogP contribution in [0.2, 0.25) is 0 Å². The molecule has 2 aromatic rings. The van der Waals surface area contributed by atoms with Crippen LogP contribution in [-0.4, -0.2) is 35.8 Å². The number of aromatic hydroxyl groups is 2. The lowest BCUT2D eigenvalue weighted by molar-refractivity contribution is -0.394. The number of phenolic OH excluding ortho intramolecular Hbond substituents is 2. The molecule has 23 heavy (non-hydrogen) atoms. The predicted octanol–water partition coefficient (Wildman–Crippen LogP) is 0.350. The second kappa shape index (κ2) is 6.43. The SMILES string of the molecule is C/C(=C/n1cnc([N+](=O)[O-])n1)NNC(=O)c1ccc(O)cc1O. The van der Waals surface area contributed by atoms with E-state index in [2.05, 4.69) is 20.9 Å². The Bertz CT molecular complexity index is 784. The van der Waals surface area contributed by atoms with Gasteiger partial charge in [-0.3, -0.25) is 10.2 Å². The summed E-state index contributed by atoms with van der Waals surface area (Å²) in [6, 6.07) is 3.54. The maximum absolute atomic E-state index is 11.9. The molecule has 4 N–H and O–H groups in total. The second-order valence-electron chi connectivity index (χ2n) is 4.37. The minimum atomic E-state index is -0.734. The van der Waals surface area contributed by atoms with E-state index in [0.29, 0.717) is 5.70 Å². The van der Waals surface area contributed by atoms with Crippen molar-refractivity contribution in [3.8, 4) is 11.5 Å². The molecule has 0 radical (unpaired) electrons. The van der Waals surface area contributed by atoms with Crippen LogP contribution in [0.15, 0.2) is 30.2 Å². The third-order valence-corrected chi connectivity index (χ3v) is 2.58. The lowest BCUT2D eigenvalue weighted by Gasteiger charge is -2.09. The smallest absolute Gasteiger partial charge is 0.491 e. The minimum Gasteiger partial charge on any atom is -0.508 e. The molecule has 0 saturated heterocycles. The van der Waals surface area contributed by atoms with E-state index in [-0.39, 0.29) is 17.1 Å².